The van der Waals surface area contributed by atoms with Crippen molar-refractivity contribution < 1.29 is 15.0 Å². The van der Waals surface area contributed by atoms with Gasteiger partial charge in [-0.15, -0.1) is 0 Å². The van der Waals surface area contributed by atoms with Crippen LogP contribution in [-0.4, -0.2) is 21.2 Å². The molecule has 2 N–H and O–H groups in total. The molecule has 0 atom stereocenters. The lowest BCUT2D eigenvalue weighted by Gasteiger charge is -2.06. The van der Waals surface area contributed by atoms with Crippen LogP contribution < -0.4 is 0 Å². The molecule has 4 nitrogen and oxygen atoms in total. The molecule has 0 spiro atoms. The fourth-order valence-corrected chi connectivity index (χ4v) is 3.84. The summed E-state index contributed by atoms with van der Waals surface area (Å²) in [4.78, 5) is 15.0. The summed E-state index contributed by atoms with van der Waals surface area (Å²) in [5.41, 5.74) is 1.78. The molecule has 0 saturated carbocycles. The number of hydrogen-bond donors (Lipinski definition) is 2. The van der Waals surface area contributed by atoms with E-state index in [0.29, 0.717) is 12.2 Å². The number of rotatable bonds is 16. The molecule has 160 valence electrons. The van der Waals surface area contributed by atoms with E-state index in [0.717, 1.165) is 42.3 Å². The van der Waals surface area contributed by atoms with Gasteiger partial charge >= 0.3 is 5.97 Å². The summed E-state index contributed by atoms with van der Waals surface area (Å²) in [5.74, 6) is -0.348. The highest BCUT2D eigenvalue weighted by Gasteiger charge is 2.05. The summed E-state index contributed by atoms with van der Waals surface area (Å²) in [6, 6.07) is 9.76. The first kappa shape index (κ1) is 23.2. The highest BCUT2D eigenvalue weighted by atomic mass is 16.4. The molecule has 0 amide bonds. The van der Waals surface area contributed by atoms with Gasteiger partial charge in [-0.3, -0.25) is 4.79 Å². The Morgan fingerprint density at radius 3 is 1.86 bits per heavy atom. The Balaban J connectivity index is 1.41. The third kappa shape index (κ3) is 9.78. The number of aryl methyl sites for hydroxylation is 1. The molecule has 0 radical (unpaired) electrons. The predicted octanol–water partition coefficient (Wildman–Crippen LogP) is 7.03. The predicted molar refractivity (Wildman–Crippen MR) is 119 cm³/mol. The van der Waals surface area contributed by atoms with E-state index in [1.165, 1.54) is 64.2 Å². The smallest absolute Gasteiger partial charge is 0.303 e. The van der Waals surface area contributed by atoms with E-state index in [4.69, 9.17) is 5.11 Å². The Morgan fingerprint density at radius 2 is 1.28 bits per heavy atom. The van der Waals surface area contributed by atoms with Crippen LogP contribution in [0.15, 0.2) is 30.3 Å². The number of aromatic hydroxyl groups is 1. The molecule has 4 heteroatoms. The maximum Gasteiger partial charge on any atom is 0.303 e. The van der Waals surface area contributed by atoms with E-state index in [2.05, 4.69) is 4.98 Å². The Morgan fingerprint density at radius 1 is 0.759 bits per heavy atom. The van der Waals surface area contributed by atoms with Gasteiger partial charge in [0.05, 0.1) is 11.2 Å². The molecule has 2 aromatic rings. The maximum absolute atomic E-state index is 10.4. The van der Waals surface area contributed by atoms with E-state index in [-0.39, 0.29) is 0 Å². The number of para-hydroxylation sites is 1. The quantitative estimate of drug-likeness (QED) is 0.297. The van der Waals surface area contributed by atoms with Crippen LogP contribution in [0.3, 0.4) is 0 Å². The van der Waals surface area contributed by atoms with Gasteiger partial charge in [-0.25, -0.2) is 4.98 Å². The van der Waals surface area contributed by atoms with Crippen molar-refractivity contribution in [2.24, 2.45) is 0 Å². The lowest BCUT2D eigenvalue weighted by molar-refractivity contribution is -0.137. The lowest BCUT2D eigenvalue weighted by Crippen LogP contribution is -1.93. The Kier molecular flexibility index (Phi) is 11.2. The normalized spacial score (nSPS) is 11.2. The summed E-state index contributed by atoms with van der Waals surface area (Å²) in [6.45, 7) is 0. The third-order valence-electron chi connectivity index (χ3n) is 5.58. The van der Waals surface area contributed by atoms with Crippen molar-refractivity contribution in [2.45, 2.75) is 96.3 Å². The van der Waals surface area contributed by atoms with Gasteiger partial charge in [0, 0.05) is 11.8 Å². The summed E-state index contributed by atoms with van der Waals surface area (Å²) < 4.78 is 0. The van der Waals surface area contributed by atoms with Crippen molar-refractivity contribution in [2.75, 3.05) is 0 Å². The number of benzene rings is 1. The summed E-state index contributed by atoms with van der Waals surface area (Å²) in [6.07, 6.45) is 16.9. The first-order chi connectivity index (χ1) is 14.2. The maximum atomic E-state index is 10.4. The van der Waals surface area contributed by atoms with Crippen LogP contribution in [0.25, 0.3) is 10.9 Å². The average molecular weight is 400 g/mol. The molecule has 2 rings (SSSR count). The van der Waals surface area contributed by atoms with Crippen LogP contribution in [0.2, 0.25) is 0 Å². The molecule has 1 aromatic carbocycles. The molecule has 29 heavy (non-hydrogen) atoms. The monoisotopic (exact) mass is 399 g/mol. The van der Waals surface area contributed by atoms with Crippen molar-refractivity contribution in [3.05, 3.63) is 36.0 Å². The van der Waals surface area contributed by atoms with Crippen LogP contribution in [0.1, 0.15) is 95.6 Å². The number of aromatic nitrogens is 1. The molecule has 0 unspecified atom stereocenters. The fraction of sp³-hybridized carbons (Fsp3) is 0.600. The second-order valence-electron chi connectivity index (χ2n) is 8.14. The number of aliphatic carboxylic acids is 1. The van der Waals surface area contributed by atoms with Gasteiger partial charge in [0.15, 0.2) is 0 Å². The Labute approximate surface area is 175 Å². The topological polar surface area (TPSA) is 70.4 Å². The molecule has 1 aromatic heterocycles. The number of carboxylic acid groups (broad SMARTS) is 1. The Hall–Kier alpha value is -2.10. The van der Waals surface area contributed by atoms with E-state index < -0.39 is 5.97 Å². The van der Waals surface area contributed by atoms with Gasteiger partial charge in [0.25, 0.3) is 0 Å². The van der Waals surface area contributed by atoms with Gasteiger partial charge in [-0.05, 0) is 31.4 Å². The largest absolute Gasteiger partial charge is 0.506 e. The summed E-state index contributed by atoms with van der Waals surface area (Å²) in [7, 11) is 0. The SMILES string of the molecule is O=C(O)CCCCCCCCCCCCCCCc1nc2ccccc2cc1O. The highest BCUT2D eigenvalue weighted by molar-refractivity contribution is 5.80. The molecule has 0 fully saturated rings. The van der Waals surface area contributed by atoms with Gasteiger partial charge in [-0.1, -0.05) is 88.8 Å². The number of pyridine rings is 1. The fourth-order valence-electron chi connectivity index (χ4n) is 3.84. The van der Waals surface area contributed by atoms with Gasteiger partial charge < -0.3 is 10.2 Å². The third-order valence-corrected chi connectivity index (χ3v) is 5.58. The van der Waals surface area contributed by atoms with Crippen molar-refractivity contribution >= 4 is 16.9 Å². The molecule has 0 aliphatic heterocycles. The highest BCUT2D eigenvalue weighted by Crippen LogP contribution is 2.23. The number of unbranched alkanes of at least 4 members (excludes halogenated alkanes) is 12. The first-order valence-electron chi connectivity index (χ1n) is 11.5. The minimum absolute atomic E-state index is 0.319. The standard InChI is InChI=1S/C25H37NO3/c27-24-20-21-16-14-15-17-22(21)26-23(24)18-12-10-8-6-4-2-1-3-5-7-9-11-13-19-25(28)29/h14-17,20,27H,1-13,18-19H2,(H,28,29). The molecule has 0 aliphatic carbocycles. The Bertz CT molecular complexity index is 729. The number of fused-ring (bicyclic) bond motifs is 1. The zero-order valence-corrected chi connectivity index (χ0v) is 17.7. The van der Waals surface area contributed by atoms with Crippen LogP contribution in [-0.2, 0) is 11.2 Å². The number of carbonyl (C=O) groups is 1. The van der Waals surface area contributed by atoms with E-state index in [1.54, 1.807) is 0 Å². The molecule has 0 aliphatic rings. The van der Waals surface area contributed by atoms with Crippen LogP contribution in [0.5, 0.6) is 5.75 Å². The average Bonchev–Trinajstić information content (AvgIpc) is 2.70. The van der Waals surface area contributed by atoms with Crippen LogP contribution >= 0.6 is 0 Å². The van der Waals surface area contributed by atoms with Crippen LogP contribution in [0, 0.1) is 0 Å². The molecular formula is C25H37NO3. The minimum atomic E-state index is -0.673. The minimum Gasteiger partial charge on any atom is -0.506 e. The van der Waals surface area contributed by atoms with Crippen LogP contribution in [0.4, 0.5) is 0 Å². The number of hydrogen-bond acceptors (Lipinski definition) is 3. The van der Waals surface area contributed by atoms with Crippen molar-refractivity contribution in [1.29, 1.82) is 0 Å². The molecule has 0 saturated heterocycles. The summed E-state index contributed by atoms with van der Waals surface area (Å²) >= 11 is 0. The van der Waals surface area contributed by atoms with Gasteiger partial charge in [0.1, 0.15) is 5.75 Å². The van der Waals surface area contributed by atoms with Gasteiger partial charge in [0.2, 0.25) is 0 Å². The summed E-state index contributed by atoms with van der Waals surface area (Å²) in [5, 5.41) is 19.7. The van der Waals surface area contributed by atoms with E-state index in [9.17, 15) is 9.90 Å². The zero-order chi connectivity index (χ0) is 20.7. The zero-order valence-electron chi connectivity index (χ0n) is 17.7. The van der Waals surface area contributed by atoms with Gasteiger partial charge in [-0.2, -0.15) is 0 Å². The van der Waals surface area contributed by atoms with Crippen molar-refractivity contribution in [3.63, 3.8) is 0 Å². The number of nitrogens with zero attached hydrogens (tertiary/aromatic N) is 1. The van der Waals surface area contributed by atoms with E-state index in [1.807, 2.05) is 30.3 Å². The van der Waals surface area contributed by atoms with Crippen molar-refractivity contribution in [3.8, 4) is 5.75 Å². The molecular weight excluding hydrogens is 362 g/mol. The molecule has 0 bridgehead atoms. The molecule has 1 heterocycles. The number of carboxylic acids is 1. The second-order valence-corrected chi connectivity index (χ2v) is 8.14. The first-order valence-corrected chi connectivity index (χ1v) is 11.5. The second kappa shape index (κ2) is 14.0. The van der Waals surface area contributed by atoms with Crippen molar-refractivity contribution in [1.82, 2.24) is 4.98 Å². The van der Waals surface area contributed by atoms with E-state index >= 15 is 0 Å². The lowest BCUT2D eigenvalue weighted by atomic mass is 10.0.